The number of alkyl halides is 3. The topological polar surface area (TPSA) is 0 Å². The van der Waals surface area contributed by atoms with Crippen LogP contribution in [0.3, 0.4) is 0 Å². The molecular weight excluding hydrogens is 202 g/mol. The lowest BCUT2D eigenvalue weighted by Gasteiger charge is -2.51. The Labute approximate surface area is 68.1 Å². The predicted octanol–water partition coefficient (Wildman–Crippen LogP) is 3.06. The van der Waals surface area contributed by atoms with Crippen molar-refractivity contribution in [1.82, 2.24) is 0 Å². The van der Waals surface area contributed by atoms with E-state index in [0.29, 0.717) is 5.33 Å². The SMILES string of the molecule is CC1(C)C(CBr)CC1(F)F. The summed E-state index contributed by atoms with van der Waals surface area (Å²) in [6.07, 6.45) is 0.0469. The van der Waals surface area contributed by atoms with Gasteiger partial charge in [-0.1, -0.05) is 29.8 Å². The lowest BCUT2D eigenvalue weighted by Crippen LogP contribution is -2.55. The van der Waals surface area contributed by atoms with Crippen LogP contribution in [-0.2, 0) is 0 Å². The summed E-state index contributed by atoms with van der Waals surface area (Å²) in [7, 11) is 0. The van der Waals surface area contributed by atoms with Gasteiger partial charge in [-0.25, -0.2) is 8.78 Å². The molecule has 1 atom stereocenters. The van der Waals surface area contributed by atoms with Crippen LogP contribution >= 0.6 is 15.9 Å². The van der Waals surface area contributed by atoms with E-state index in [1.165, 1.54) is 0 Å². The van der Waals surface area contributed by atoms with Gasteiger partial charge in [-0.05, 0) is 5.92 Å². The molecule has 0 heterocycles. The maximum absolute atomic E-state index is 12.7. The van der Waals surface area contributed by atoms with E-state index in [1.54, 1.807) is 13.8 Å². The first-order valence-electron chi connectivity index (χ1n) is 3.35. The number of halogens is 3. The van der Waals surface area contributed by atoms with Gasteiger partial charge in [0, 0.05) is 17.2 Å². The van der Waals surface area contributed by atoms with Crippen LogP contribution in [0.15, 0.2) is 0 Å². The molecule has 0 N–H and O–H groups in total. The molecule has 0 spiro atoms. The Balaban J connectivity index is 2.65. The van der Waals surface area contributed by atoms with Gasteiger partial charge in [0.15, 0.2) is 0 Å². The molecule has 10 heavy (non-hydrogen) atoms. The van der Waals surface area contributed by atoms with E-state index in [0.717, 1.165) is 0 Å². The second kappa shape index (κ2) is 2.16. The zero-order valence-corrected chi connectivity index (χ0v) is 7.71. The second-order valence-corrected chi connectivity index (χ2v) is 4.13. The predicted molar refractivity (Wildman–Crippen MR) is 40.6 cm³/mol. The zero-order valence-electron chi connectivity index (χ0n) is 6.13. The summed E-state index contributed by atoms with van der Waals surface area (Å²) in [5.41, 5.74) is -0.795. The van der Waals surface area contributed by atoms with Gasteiger partial charge in [0.2, 0.25) is 0 Å². The van der Waals surface area contributed by atoms with Crippen molar-refractivity contribution in [3.05, 3.63) is 0 Å². The molecule has 1 rings (SSSR count). The Bertz CT molecular complexity index is 143. The van der Waals surface area contributed by atoms with Crippen LogP contribution in [0.1, 0.15) is 20.3 Å². The normalized spacial score (nSPS) is 35.1. The highest BCUT2D eigenvalue weighted by Gasteiger charge is 2.61. The number of hydrogen-bond donors (Lipinski definition) is 0. The Morgan fingerprint density at radius 1 is 1.50 bits per heavy atom. The van der Waals surface area contributed by atoms with E-state index in [4.69, 9.17) is 0 Å². The third-order valence-electron chi connectivity index (χ3n) is 2.65. The Morgan fingerprint density at radius 2 is 2.00 bits per heavy atom. The van der Waals surface area contributed by atoms with Crippen molar-refractivity contribution < 1.29 is 8.78 Å². The van der Waals surface area contributed by atoms with Crippen molar-refractivity contribution >= 4 is 15.9 Å². The molecule has 0 aromatic rings. The summed E-state index contributed by atoms with van der Waals surface area (Å²) >= 11 is 3.22. The van der Waals surface area contributed by atoms with Crippen LogP contribution in [0.4, 0.5) is 8.78 Å². The summed E-state index contributed by atoms with van der Waals surface area (Å²) in [6, 6.07) is 0. The fourth-order valence-corrected chi connectivity index (χ4v) is 2.28. The van der Waals surface area contributed by atoms with Crippen LogP contribution in [0.5, 0.6) is 0 Å². The van der Waals surface area contributed by atoms with Crippen molar-refractivity contribution in [1.29, 1.82) is 0 Å². The maximum atomic E-state index is 12.7. The molecule has 3 heteroatoms. The second-order valence-electron chi connectivity index (χ2n) is 3.48. The summed E-state index contributed by atoms with van der Waals surface area (Å²) in [4.78, 5) is 0. The monoisotopic (exact) mass is 212 g/mol. The van der Waals surface area contributed by atoms with Gasteiger partial charge >= 0.3 is 0 Å². The van der Waals surface area contributed by atoms with Crippen LogP contribution in [0.25, 0.3) is 0 Å². The first-order chi connectivity index (χ1) is 4.42. The molecule has 1 aliphatic rings. The fraction of sp³-hybridized carbons (Fsp3) is 1.00. The molecule has 0 amide bonds. The van der Waals surface area contributed by atoms with Crippen LogP contribution in [0.2, 0.25) is 0 Å². The molecule has 0 radical (unpaired) electrons. The smallest absolute Gasteiger partial charge is 0.206 e. The quantitative estimate of drug-likeness (QED) is 0.587. The van der Waals surface area contributed by atoms with Crippen LogP contribution < -0.4 is 0 Å². The van der Waals surface area contributed by atoms with E-state index in [2.05, 4.69) is 15.9 Å². The average molecular weight is 213 g/mol. The van der Waals surface area contributed by atoms with Crippen molar-refractivity contribution in [2.45, 2.75) is 26.2 Å². The van der Waals surface area contributed by atoms with Gasteiger partial charge in [-0.3, -0.25) is 0 Å². The van der Waals surface area contributed by atoms with E-state index < -0.39 is 11.3 Å². The molecule has 0 saturated heterocycles. The summed E-state index contributed by atoms with van der Waals surface area (Å²) < 4.78 is 25.5. The van der Waals surface area contributed by atoms with Crippen LogP contribution in [0, 0.1) is 11.3 Å². The van der Waals surface area contributed by atoms with E-state index in [9.17, 15) is 8.78 Å². The molecule has 1 fully saturated rings. The zero-order chi connectivity index (χ0) is 7.99. The highest BCUT2D eigenvalue weighted by atomic mass is 79.9. The molecule has 0 aromatic heterocycles. The molecule has 0 aromatic carbocycles. The number of hydrogen-bond acceptors (Lipinski definition) is 0. The molecule has 0 aliphatic heterocycles. The van der Waals surface area contributed by atoms with Crippen LogP contribution in [-0.4, -0.2) is 11.3 Å². The minimum atomic E-state index is -2.44. The third kappa shape index (κ3) is 0.900. The van der Waals surface area contributed by atoms with E-state index >= 15 is 0 Å². The van der Waals surface area contributed by atoms with E-state index in [-0.39, 0.29) is 12.3 Å². The highest BCUT2D eigenvalue weighted by Crippen LogP contribution is 2.57. The van der Waals surface area contributed by atoms with Gasteiger partial charge in [0.1, 0.15) is 0 Å². The van der Waals surface area contributed by atoms with Gasteiger partial charge in [0.05, 0.1) is 0 Å². The largest absolute Gasteiger partial charge is 0.253 e. The van der Waals surface area contributed by atoms with Crippen molar-refractivity contribution in [3.8, 4) is 0 Å². The lowest BCUT2D eigenvalue weighted by atomic mass is 9.60. The Hall–Kier alpha value is 0.340. The molecular formula is C7H11BrF2. The molecule has 1 unspecified atom stereocenters. The minimum absolute atomic E-state index is 0.0469. The maximum Gasteiger partial charge on any atom is 0.253 e. The van der Waals surface area contributed by atoms with E-state index in [1.807, 2.05) is 0 Å². The number of rotatable bonds is 1. The van der Waals surface area contributed by atoms with Crippen molar-refractivity contribution in [3.63, 3.8) is 0 Å². The van der Waals surface area contributed by atoms with Gasteiger partial charge in [-0.15, -0.1) is 0 Å². The standard InChI is InChI=1S/C7H11BrF2/c1-6(2)5(4-8)3-7(6,9)10/h5H,3-4H2,1-2H3. The molecule has 0 nitrogen and oxygen atoms in total. The fourth-order valence-electron chi connectivity index (χ4n) is 1.24. The summed E-state index contributed by atoms with van der Waals surface area (Å²) in [5.74, 6) is -2.30. The average Bonchev–Trinajstić information content (AvgIpc) is 1.83. The van der Waals surface area contributed by atoms with Gasteiger partial charge < -0.3 is 0 Å². The van der Waals surface area contributed by atoms with Gasteiger partial charge in [0.25, 0.3) is 5.92 Å². The first kappa shape index (κ1) is 8.44. The molecule has 1 aliphatic carbocycles. The third-order valence-corrected chi connectivity index (χ3v) is 3.43. The van der Waals surface area contributed by atoms with Crippen molar-refractivity contribution in [2.75, 3.05) is 5.33 Å². The molecule has 60 valence electrons. The first-order valence-corrected chi connectivity index (χ1v) is 4.48. The minimum Gasteiger partial charge on any atom is -0.206 e. The molecule has 0 bridgehead atoms. The van der Waals surface area contributed by atoms with Gasteiger partial charge in [-0.2, -0.15) is 0 Å². The summed E-state index contributed by atoms with van der Waals surface area (Å²) in [5, 5.41) is 0.690. The molecule has 1 saturated carbocycles. The van der Waals surface area contributed by atoms with Crippen molar-refractivity contribution in [2.24, 2.45) is 11.3 Å². The Morgan fingerprint density at radius 3 is 2.10 bits per heavy atom. The Kier molecular flexibility index (Phi) is 1.82. The highest BCUT2D eigenvalue weighted by molar-refractivity contribution is 9.09. The lowest BCUT2D eigenvalue weighted by molar-refractivity contribution is -0.219. The summed E-state index contributed by atoms with van der Waals surface area (Å²) in [6.45, 7) is 3.25.